The zero-order valence-corrected chi connectivity index (χ0v) is 13.6. The van der Waals surface area contributed by atoms with Gasteiger partial charge in [-0.1, -0.05) is 18.2 Å². The third-order valence-corrected chi connectivity index (χ3v) is 3.77. The second-order valence-electron chi connectivity index (χ2n) is 5.52. The molecular weight excluding hydrogens is 346 g/mol. The van der Waals surface area contributed by atoms with Gasteiger partial charge in [0, 0.05) is 24.2 Å². The van der Waals surface area contributed by atoms with Crippen LogP contribution in [-0.4, -0.2) is 4.98 Å². The Morgan fingerprint density at radius 2 is 0.923 bits per heavy atom. The Bertz CT molecular complexity index is 804. The molecule has 7 heteroatoms. The van der Waals surface area contributed by atoms with E-state index in [2.05, 4.69) is 15.6 Å². The fraction of sp³-hybridized carbons (Fsp3) is 0.105. The molecule has 3 rings (SSSR count). The van der Waals surface area contributed by atoms with Gasteiger partial charge in [-0.05, 0) is 36.4 Å². The average Bonchev–Trinajstić information content (AvgIpc) is 2.61. The predicted molar refractivity (Wildman–Crippen MR) is 91.6 cm³/mol. The Morgan fingerprint density at radius 1 is 0.577 bits per heavy atom. The summed E-state index contributed by atoms with van der Waals surface area (Å²) in [5.74, 6) is -1.87. The van der Waals surface area contributed by atoms with Crippen LogP contribution in [0, 0.1) is 23.3 Å². The smallest absolute Gasteiger partial charge is 0.131 e. The number of hydrogen-bond acceptors (Lipinski definition) is 3. The summed E-state index contributed by atoms with van der Waals surface area (Å²) in [6, 6.07) is 12.2. The summed E-state index contributed by atoms with van der Waals surface area (Å²) in [4.78, 5) is 4.21. The van der Waals surface area contributed by atoms with Crippen molar-refractivity contribution in [3.05, 3.63) is 89.0 Å². The van der Waals surface area contributed by atoms with Gasteiger partial charge in [0.05, 0.1) is 0 Å². The summed E-state index contributed by atoms with van der Waals surface area (Å²) in [7, 11) is 0. The van der Waals surface area contributed by atoms with E-state index in [1.54, 1.807) is 18.2 Å². The van der Waals surface area contributed by atoms with Gasteiger partial charge >= 0.3 is 0 Å². The molecule has 2 N–H and O–H groups in total. The van der Waals surface area contributed by atoms with Crippen LogP contribution < -0.4 is 10.6 Å². The Balaban J connectivity index is 1.67. The van der Waals surface area contributed by atoms with E-state index in [0.717, 1.165) is 0 Å². The van der Waals surface area contributed by atoms with Crippen LogP contribution in [0.2, 0.25) is 0 Å². The number of rotatable bonds is 6. The number of hydrogen-bond donors (Lipinski definition) is 2. The topological polar surface area (TPSA) is 37.0 Å². The van der Waals surface area contributed by atoms with E-state index in [1.165, 1.54) is 36.4 Å². The highest BCUT2D eigenvalue weighted by molar-refractivity contribution is 5.46. The second kappa shape index (κ2) is 7.86. The fourth-order valence-electron chi connectivity index (χ4n) is 2.39. The van der Waals surface area contributed by atoms with Crippen molar-refractivity contribution in [3.63, 3.8) is 0 Å². The van der Waals surface area contributed by atoms with Crippen molar-refractivity contribution in [3.8, 4) is 0 Å². The highest BCUT2D eigenvalue weighted by Gasteiger charge is 2.10. The number of pyridine rings is 1. The molecule has 0 radical (unpaired) electrons. The lowest BCUT2D eigenvalue weighted by atomic mass is 10.2. The molecule has 26 heavy (non-hydrogen) atoms. The molecule has 0 amide bonds. The molecule has 1 aromatic heterocycles. The molecule has 0 bridgehead atoms. The minimum atomic E-state index is -0.651. The zero-order valence-electron chi connectivity index (χ0n) is 13.6. The summed E-state index contributed by atoms with van der Waals surface area (Å²) in [5.41, 5.74) is -0.192. The van der Waals surface area contributed by atoms with Crippen LogP contribution in [0.1, 0.15) is 11.1 Å². The van der Waals surface area contributed by atoms with Gasteiger partial charge in [-0.2, -0.15) is 0 Å². The molecule has 0 saturated carbocycles. The lowest BCUT2D eigenvalue weighted by molar-refractivity contribution is 0.559. The highest BCUT2D eigenvalue weighted by Crippen LogP contribution is 2.17. The maximum atomic E-state index is 13.6. The summed E-state index contributed by atoms with van der Waals surface area (Å²) < 4.78 is 54.5. The lowest BCUT2D eigenvalue weighted by Crippen LogP contribution is -2.08. The number of halogens is 4. The number of benzene rings is 2. The largest absolute Gasteiger partial charge is 0.366 e. The van der Waals surface area contributed by atoms with Crippen LogP contribution in [0.4, 0.5) is 29.2 Å². The van der Waals surface area contributed by atoms with Crippen LogP contribution in [0.25, 0.3) is 0 Å². The lowest BCUT2D eigenvalue weighted by Gasteiger charge is -2.11. The normalized spacial score (nSPS) is 10.6. The van der Waals surface area contributed by atoms with Gasteiger partial charge in [0.15, 0.2) is 0 Å². The average molecular weight is 361 g/mol. The minimum absolute atomic E-state index is 0.0864. The van der Waals surface area contributed by atoms with Gasteiger partial charge in [0.25, 0.3) is 0 Å². The maximum absolute atomic E-state index is 13.6. The van der Waals surface area contributed by atoms with Crippen molar-refractivity contribution in [2.75, 3.05) is 10.6 Å². The van der Waals surface area contributed by atoms with Crippen molar-refractivity contribution in [2.24, 2.45) is 0 Å². The van der Waals surface area contributed by atoms with Crippen LogP contribution in [0.5, 0.6) is 0 Å². The molecule has 0 aliphatic carbocycles. The van der Waals surface area contributed by atoms with Crippen molar-refractivity contribution >= 4 is 11.6 Å². The Kier molecular flexibility index (Phi) is 5.36. The molecule has 134 valence electrons. The van der Waals surface area contributed by atoms with E-state index in [4.69, 9.17) is 0 Å². The minimum Gasteiger partial charge on any atom is -0.366 e. The third-order valence-electron chi connectivity index (χ3n) is 3.77. The molecule has 0 aliphatic heterocycles. The van der Waals surface area contributed by atoms with E-state index in [0.29, 0.717) is 11.6 Å². The molecule has 0 spiro atoms. The molecule has 1 heterocycles. The van der Waals surface area contributed by atoms with Gasteiger partial charge < -0.3 is 10.6 Å². The Morgan fingerprint density at radius 3 is 1.31 bits per heavy atom. The van der Waals surface area contributed by atoms with E-state index < -0.39 is 23.3 Å². The van der Waals surface area contributed by atoms with Gasteiger partial charge in [-0.15, -0.1) is 0 Å². The predicted octanol–water partition coefficient (Wildman–Crippen LogP) is 4.86. The first-order chi connectivity index (χ1) is 12.5. The molecule has 0 unspecified atom stereocenters. The molecule has 0 aliphatic rings. The molecule has 3 nitrogen and oxygen atoms in total. The molecular formula is C19H15F4N3. The highest BCUT2D eigenvalue weighted by atomic mass is 19.1. The zero-order chi connectivity index (χ0) is 18.5. The first-order valence-corrected chi connectivity index (χ1v) is 7.85. The quantitative estimate of drug-likeness (QED) is 0.616. The van der Waals surface area contributed by atoms with Crippen molar-refractivity contribution in [1.29, 1.82) is 0 Å². The standard InChI is InChI=1S/C19H15F4N3/c20-14-4-1-5-15(21)12(14)10-24-18-8-3-9-19(26-18)25-11-13-16(22)6-2-7-17(13)23/h1-9H,10-11H2,(H2,24,25,26). The molecule has 2 aromatic carbocycles. The van der Waals surface area contributed by atoms with Gasteiger partial charge in [0.2, 0.25) is 0 Å². The summed E-state index contributed by atoms with van der Waals surface area (Å²) >= 11 is 0. The number of anilines is 2. The van der Waals surface area contributed by atoms with Crippen LogP contribution >= 0.6 is 0 Å². The number of aromatic nitrogens is 1. The molecule has 3 aromatic rings. The maximum Gasteiger partial charge on any atom is 0.131 e. The SMILES string of the molecule is Fc1cccc(F)c1CNc1cccc(NCc2c(F)cccc2F)n1. The first kappa shape index (κ1) is 17.7. The Labute approximate surface area is 147 Å². The summed E-state index contributed by atoms with van der Waals surface area (Å²) in [5, 5.41) is 5.65. The Hall–Kier alpha value is -3.09. The van der Waals surface area contributed by atoms with Crippen LogP contribution in [0.15, 0.2) is 54.6 Å². The monoisotopic (exact) mass is 361 g/mol. The van der Waals surface area contributed by atoms with Crippen molar-refractivity contribution in [2.45, 2.75) is 13.1 Å². The molecule has 0 fully saturated rings. The van der Waals surface area contributed by atoms with E-state index >= 15 is 0 Å². The molecule has 0 atom stereocenters. The first-order valence-electron chi connectivity index (χ1n) is 7.85. The van der Waals surface area contributed by atoms with Gasteiger partial charge in [-0.3, -0.25) is 0 Å². The van der Waals surface area contributed by atoms with Crippen LogP contribution in [0.3, 0.4) is 0 Å². The van der Waals surface area contributed by atoms with Crippen LogP contribution in [-0.2, 0) is 13.1 Å². The number of nitrogens with zero attached hydrogens (tertiary/aromatic N) is 1. The van der Waals surface area contributed by atoms with Crippen molar-refractivity contribution in [1.82, 2.24) is 4.98 Å². The van der Waals surface area contributed by atoms with E-state index in [-0.39, 0.29) is 24.2 Å². The number of nitrogens with one attached hydrogen (secondary N) is 2. The third kappa shape index (κ3) is 4.11. The molecule has 0 saturated heterocycles. The second-order valence-corrected chi connectivity index (χ2v) is 5.52. The van der Waals surface area contributed by atoms with E-state index in [1.807, 2.05) is 0 Å². The fourth-order valence-corrected chi connectivity index (χ4v) is 2.39. The van der Waals surface area contributed by atoms with Crippen molar-refractivity contribution < 1.29 is 17.6 Å². The van der Waals surface area contributed by atoms with Gasteiger partial charge in [0.1, 0.15) is 34.9 Å². The van der Waals surface area contributed by atoms with E-state index in [9.17, 15) is 17.6 Å². The summed E-state index contributed by atoms with van der Waals surface area (Å²) in [6.07, 6.45) is 0. The van der Waals surface area contributed by atoms with Gasteiger partial charge in [-0.25, -0.2) is 22.5 Å². The summed E-state index contributed by atoms with van der Waals surface area (Å²) in [6.45, 7) is -0.173.